The Bertz CT molecular complexity index is 2550. The Balaban J connectivity index is 0.000000230. The van der Waals surface area contributed by atoms with Crippen LogP contribution >= 0.6 is 46.4 Å². The molecule has 4 aromatic carbocycles. The second-order valence-corrected chi connectivity index (χ2v) is 18.1. The number of rotatable bonds is 16. The van der Waals surface area contributed by atoms with Crippen molar-refractivity contribution in [2.24, 2.45) is 0 Å². The number of hydrogen-bond acceptors (Lipinski definition) is 8. The van der Waals surface area contributed by atoms with Crippen LogP contribution in [0.25, 0.3) is 0 Å². The van der Waals surface area contributed by atoms with Crippen LogP contribution in [0.2, 0.25) is 20.1 Å². The molecule has 0 aliphatic carbocycles. The van der Waals surface area contributed by atoms with E-state index in [0.717, 1.165) is 39.6 Å². The van der Waals surface area contributed by atoms with Crippen LogP contribution in [-0.4, -0.2) is 63.7 Å². The van der Waals surface area contributed by atoms with Crippen molar-refractivity contribution in [3.8, 4) is 0 Å². The average molecular weight is 913 g/mol. The highest BCUT2D eigenvalue weighted by Crippen LogP contribution is 2.31. The molecule has 2 heterocycles. The third kappa shape index (κ3) is 12.8. The van der Waals surface area contributed by atoms with Gasteiger partial charge in [-0.25, -0.2) is 9.97 Å². The summed E-state index contributed by atoms with van der Waals surface area (Å²) < 4.78 is 31.4. The van der Waals surface area contributed by atoms with Crippen molar-refractivity contribution in [3.63, 3.8) is 0 Å². The van der Waals surface area contributed by atoms with Crippen LogP contribution in [0.4, 0.5) is 0 Å². The molecular formula is C45H46Cl4N4O6S. The normalized spacial score (nSPS) is 12.4. The van der Waals surface area contributed by atoms with Gasteiger partial charge in [0, 0.05) is 67.4 Å². The van der Waals surface area contributed by atoms with Gasteiger partial charge in [0.25, 0.3) is 10.1 Å². The minimum absolute atomic E-state index is 0.00119. The number of carbonyl (C=O) groups excluding carboxylic acids is 2. The molecular weight excluding hydrogens is 866 g/mol. The smallest absolute Gasteiger partial charge is 0.264 e. The van der Waals surface area contributed by atoms with Gasteiger partial charge in [-0.3, -0.25) is 13.8 Å². The number of hydrogen-bond donors (Lipinski definition) is 1. The summed E-state index contributed by atoms with van der Waals surface area (Å²) >= 11 is 24.4. The first-order chi connectivity index (χ1) is 28.4. The molecule has 6 aromatic rings. The second-order valence-electron chi connectivity index (χ2n) is 14.8. The molecule has 2 unspecified atom stereocenters. The Labute approximate surface area is 371 Å². The van der Waals surface area contributed by atoms with E-state index in [0.29, 0.717) is 68.8 Å². The average Bonchev–Trinajstić information content (AvgIpc) is 3.84. The number of ketones is 2. The SMILES string of the molecule is Cc1cc(C)cc(C(=O)c2nccn2CC(CCO)c2ccc(Cl)c(Cl)c2)c1.Cc1cc(C)cc(C(=O)c2nccn2CC(CCOS(C)(=O)=O)c2ccc(Cl)c(Cl)c2)c1. The van der Waals surface area contributed by atoms with Gasteiger partial charge >= 0.3 is 0 Å². The zero-order valence-corrected chi connectivity index (χ0v) is 37.7. The summed E-state index contributed by atoms with van der Waals surface area (Å²) in [6.07, 6.45) is 8.66. The predicted molar refractivity (Wildman–Crippen MR) is 239 cm³/mol. The number of aryl methyl sites for hydroxylation is 4. The Kier molecular flexibility index (Phi) is 16.3. The Hall–Kier alpha value is -4.33. The molecule has 316 valence electrons. The van der Waals surface area contributed by atoms with Crippen LogP contribution in [0, 0.1) is 27.7 Å². The van der Waals surface area contributed by atoms with Gasteiger partial charge in [0.1, 0.15) is 0 Å². The number of nitrogens with zero attached hydrogens (tertiary/aromatic N) is 4. The monoisotopic (exact) mass is 910 g/mol. The molecule has 0 radical (unpaired) electrons. The number of imidazole rings is 2. The van der Waals surface area contributed by atoms with Gasteiger partial charge in [-0.1, -0.05) is 92.9 Å². The summed E-state index contributed by atoms with van der Waals surface area (Å²) in [5.74, 6) is 0.180. The standard InChI is InChI=1S/C23H24Cl2N2O4S.C22H22Cl2N2O2/c1-15-10-16(2)12-19(11-15)22(28)23-26-7-8-27(23)14-18(6-9-31-32(3,29)30)17-4-5-20(24)21(25)13-17;1-14-9-15(2)11-18(10-14)21(28)22-25-6-7-26(22)13-17(5-8-27)16-3-4-19(23)20(24)12-16/h4-5,7-8,10-13,18H,6,9,14H2,1-3H3;3-4,6-7,9-12,17,27H,5,8,13H2,1-2H3. The van der Waals surface area contributed by atoms with Crippen molar-refractivity contribution < 1.29 is 27.3 Å². The molecule has 0 spiro atoms. The third-order valence-electron chi connectivity index (χ3n) is 9.71. The first-order valence-corrected chi connectivity index (χ1v) is 22.4. The maximum absolute atomic E-state index is 13.2. The molecule has 2 atom stereocenters. The third-order valence-corrected chi connectivity index (χ3v) is 11.8. The minimum atomic E-state index is -3.57. The zero-order valence-electron chi connectivity index (χ0n) is 33.8. The maximum atomic E-state index is 13.2. The molecule has 0 saturated carbocycles. The number of aliphatic hydroxyl groups excluding tert-OH is 1. The molecule has 10 nitrogen and oxygen atoms in total. The molecule has 2 aromatic heterocycles. The Morgan fingerprint density at radius 3 is 1.40 bits per heavy atom. The number of benzene rings is 4. The van der Waals surface area contributed by atoms with Crippen LogP contribution in [0.3, 0.4) is 0 Å². The minimum Gasteiger partial charge on any atom is -0.396 e. The van der Waals surface area contributed by atoms with Crippen LogP contribution in [0.5, 0.6) is 0 Å². The van der Waals surface area contributed by atoms with E-state index in [1.54, 1.807) is 47.6 Å². The summed E-state index contributed by atoms with van der Waals surface area (Å²) in [5, 5.41) is 11.3. The lowest BCUT2D eigenvalue weighted by atomic mass is 9.95. The van der Waals surface area contributed by atoms with Gasteiger partial charge in [0.15, 0.2) is 11.6 Å². The lowest BCUT2D eigenvalue weighted by Gasteiger charge is -2.20. The van der Waals surface area contributed by atoms with E-state index in [9.17, 15) is 23.1 Å². The fourth-order valence-electron chi connectivity index (χ4n) is 7.03. The van der Waals surface area contributed by atoms with Crippen molar-refractivity contribution in [3.05, 3.63) is 174 Å². The highest BCUT2D eigenvalue weighted by molar-refractivity contribution is 7.85. The van der Waals surface area contributed by atoms with Gasteiger partial charge in [-0.05, 0) is 100 Å². The van der Waals surface area contributed by atoms with Crippen LogP contribution in [-0.2, 0) is 27.4 Å². The molecule has 1 N–H and O–H groups in total. The molecule has 15 heteroatoms. The van der Waals surface area contributed by atoms with Gasteiger partial charge in [-0.15, -0.1) is 0 Å². The molecule has 0 aliphatic rings. The van der Waals surface area contributed by atoms with E-state index < -0.39 is 10.1 Å². The molecule has 60 heavy (non-hydrogen) atoms. The Morgan fingerprint density at radius 1 is 0.633 bits per heavy atom. The van der Waals surface area contributed by atoms with Crippen molar-refractivity contribution in [2.45, 2.75) is 65.5 Å². The first kappa shape index (κ1) is 46.7. The lowest BCUT2D eigenvalue weighted by Crippen LogP contribution is -2.18. The summed E-state index contributed by atoms with van der Waals surface area (Å²) in [6.45, 7) is 8.74. The largest absolute Gasteiger partial charge is 0.396 e. The van der Waals surface area contributed by atoms with Gasteiger partial charge in [0.2, 0.25) is 11.6 Å². The summed E-state index contributed by atoms with van der Waals surface area (Å²) in [6, 6.07) is 22.2. The first-order valence-electron chi connectivity index (χ1n) is 19.1. The highest BCUT2D eigenvalue weighted by atomic mass is 35.5. The van der Waals surface area contributed by atoms with Gasteiger partial charge < -0.3 is 14.2 Å². The zero-order chi connectivity index (χ0) is 43.7. The van der Waals surface area contributed by atoms with Gasteiger partial charge in [0.05, 0.1) is 33.0 Å². The number of halogens is 4. The van der Waals surface area contributed by atoms with Crippen LogP contribution in [0.1, 0.15) is 90.4 Å². The van der Waals surface area contributed by atoms with E-state index in [4.69, 9.17) is 50.6 Å². The van der Waals surface area contributed by atoms with E-state index >= 15 is 0 Å². The van der Waals surface area contributed by atoms with Gasteiger partial charge in [-0.2, -0.15) is 8.42 Å². The number of carbonyl (C=O) groups is 2. The molecule has 0 bridgehead atoms. The highest BCUT2D eigenvalue weighted by Gasteiger charge is 2.22. The fraction of sp³-hybridized carbons (Fsp3) is 0.289. The predicted octanol–water partition coefficient (Wildman–Crippen LogP) is 10.4. The molecule has 0 saturated heterocycles. The van der Waals surface area contributed by atoms with E-state index in [1.807, 2.05) is 86.9 Å². The maximum Gasteiger partial charge on any atom is 0.264 e. The van der Waals surface area contributed by atoms with Crippen LogP contribution in [0.15, 0.2) is 97.6 Å². The van der Waals surface area contributed by atoms with Crippen LogP contribution < -0.4 is 0 Å². The molecule has 0 fully saturated rings. The topological polar surface area (TPSA) is 133 Å². The van der Waals surface area contributed by atoms with E-state index in [2.05, 4.69) is 9.97 Å². The molecule has 0 aliphatic heterocycles. The van der Waals surface area contributed by atoms with E-state index in [1.165, 1.54) is 0 Å². The summed E-state index contributed by atoms with van der Waals surface area (Å²) in [7, 11) is -3.57. The lowest BCUT2D eigenvalue weighted by molar-refractivity contribution is 0.101. The van der Waals surface area contributed by atoms with E-state index in [-0.39, 0.29) is 36.6 Å². The van der Waals surface area contributed by atoms with Crippen molar-refractivity contribution in [1.29, 1.82) is 0 Å². The number of aromatic nitrogens is 4. The Morgan fingerprint density at radius 2 is 1.03 bits per heavy atom. The molecule has 0 amide bonds. The van der Waals surface area contributed by atoms with Crippen molar-refractivity contribution in [2.75, 3.05) is 19.5 Å². The summed E-state index contributed by atoms with van der Waals surface area (Å²) in [5.41, 5.74) is 7.08. The fourth-order valence-corrected chi connectivity index (χ4v) is 8.04. The molecule has 6 rings (SSSR count). The summed E-state index contributed by atoms with van der Waals surface area (Å²) in [4.78, 5) is 34.8. The second kappa shape index (κ2) is 21.0. The quantitative estimate of drug-likeness (QED) is 0.0750. The van der Waals surface area contributed by atoms with Crippen molar-refractivity contribution in [1.82, 2.24) is 19.1 Å². The van der Waals surface area contributed by atoms with Crippen molar-refractivity contribution >= 4 is 68.1 Å². The number of aliphatic hydroxyl groups is 1.